The lowest BCUT2D eigenvalue weighted by Gasteiger charge is -2.19. The summed E-state index contributed by atoms with van der Waals surface area (Å²) < 4.78 is 10.1. The first-order valence-corrected chi connectivity index (χ1v) is 10.1. The van der Waals surface area contributed by atoms with Gasteiger partial charge in [-0.05, 0) is 50.8 Å². The molecule has 0 fully saturated rings. The number of alkyl carbamates (subject to hydrolysis) is 1. The second kappa shape index (κ2) is 13.0. The maximum atomic E-state index is 12.9. The van der Waals surface area contributed by atoms with Crippen LogP contribution < -0.4 is 10.1 Å². The van der Waals surface area contributed by atoms with E-state index in [-0.39, 0.29) is 12.4 Å². The number of methoxy groups -OCH3 is 1. The fourth-order valence-corrected chi connectivity index (χ4v) is 2.96. The molecule has 5 nitrogen and oxygen atoms in total. The number of benzene rings is 1. The highest BCUT2D eigenvalue weighted by molar-refractivity contribution is 6.32. The Kier molecular flexibility index (Phi) is 11.0. The van der Waals surface area contributed by atoms with E-state index in [2.05, 4.69) is 23.5 Å². The molecule has 6 heteroatoms. The Hall–Kier alpha value is -2.27. The molecule has 0 aliphatic heterocycles. The standard InChI is InChI=1S/C20H24ClNO4.C2H6/c1-3-26-20(24)22-17(12-9-14-7-5-4-6-8-14)19(23)15-10-11-16(21)18(13-15)25-2;1-2/h5,7-8,10-11,13,17H,3-4,6,9,12H2,1-2H3,(H,22,24);1-2H3. The lowest BCUT2D eigenvalue weighted by atomic mass is 9.95. The Morgan fingerprint density at radius 3 is 2.61 bits per heavy atom. The van der Waals surface area contributed by atoms with E-state index in [1.165, 1.54) is 12.7 Å². The number of rotatable bonds is 8. The van der Waals surface area contributed by atoms with E-state index in [0.29, 0.717) is 29.2 Å². The van der Waals surface area contributed by atoms with Gasteiger partial charge in [0, 0.05) is 5.56 Å². The number of Topliss-reactive ketones (excluding diaryl/α,β-unsaturated/α-hetero) is 1. The molecule has 1 amide bonds. The molecule has 1 unspecified atom stereocenters. The summed E-state index contributed by atoms with van der Waals surface area (Å²) in [5, 5.41) is 3.10. The average molecular weight is 408 g/mol. The number of allylic oxidation sites excluding steroid dienone is 4. The summed E-state index contributed by atoms with van der Waals surface area (Å²) in [5.74, 6) is 0.221. The number of ether oxygens (including phenoxy) is 2. The molecule has 2 rings (SSSR count). The number of halogens is 1. The predicted molar refractivity (Wildman–Crippen MR) is 113 cm³/mol. The number of carbonyl (C=O) groups is 2. The summed E-state index contributed by atoms with van der Waals surface area (Å²) in [6, 6.07) is 4.15. The summed E-state index contributed by atoms with van der Waals surface area (Å²) >= 11 is 6.03. The molecule has 0 aromatic heterocycles. The molecule has 1 aliphatic carbocycles. The number of hydrogen-bond donors (Lipinski definition) is 1. The quantitative estimate of drug-likeness (QED) is 0.559. The Balaban J connectivity index is 0.00000190. The molecule has 1 aromatic carbocycles. The zero-order valence-electron chi connectivity index (χ0n) is 17.1. The highest BCUT2D eigenvalue weighted by Gasteiger charge is 2.23. The molecule has 0 saturated heterocycles. The van der Waals surface area contributed by atoms with Crippen LogP contribution in [0.15, 0.2) is 42.0 Å². The highest BCUT2D eigenvalue weighted by Crippen LogP contribution is 2.26. The molecule has 1 aromatic rings. The molecule has 1 atom stereocenters. The molecule has 1 N–H and O–H groups in total. The summed E-state index contributed by atoms with van der Waals surface area (Å²) in [4.78, 5) is 24.8. The van der Waals surface area contributed by atoms with Crippen molar-refractivity contribution in [2.75, 3.05) is 13.7 Å². The van der Waals surface area contributed by atoms with E-state index < -0.39 is 12.1 Å². The molecule has 0 radical (unpaired) electrons. The Morgan fingerprint density at radius 2 is 2.00 bits per heavy atom. The van der Waals surface area contributed by atoms with Crippen molar-refractivity contribution in [3.05, 3.63) is 52.6 Å². The van der Waals surface area contributed by atoms with Crippen LogP contribution in [0.1, 0.15) is 56.8 Å². The Bertz CT molecular complexity index is 712. The third kappa shape index (κ3) is 7.39. The smallest absolute Gasteiger partial charge is 0.407 e. The van der Waals surface area contributed by atoms with Crippen LogP contribution in [0.3, 0.4) is 0 Å². The fourth-order valence-electron chi connectivity index (χ4n) is 2.76. The van der Waals surface area contributed by atoms with Crippen LogP contribution in [0.25, 0.3) is 0 Å². The van der Waals surface area contributed by atoms with Crippen molar-refractivity contribution in [2.45, 2.75) is 52.5 Å². The van der Waals surface area contributed by atoms with E-state index in [4.69, 9.17) is 21.1 Å². The van der Waals surface area contributed by atoms with Crippen LogP contribution in [0, 0.1) is 0 Å². The second-order valence-corrected chi connectivity index (χ2v) is 6.34. The van der Waals surface area contributed by atoms with Crippen molar-refractivity contribution in [1.82, 2.24) is 5.32 Å². The molecule has 154 valence electrons. The molecule has 0 heterocycles. The van der Waals surface area contributed by atoms with Crippen LogP contribution >= 0.6 is 11.6 Å². The third-order valence-corrected chi connectivity index (χ3v) is 4.43. The van der Waals surface area contributed by atoms with Crippen molar-refractivity contribution in [2.24, 2.45) is 0 Å². The zero-order chi connectivity index (χ0) is 20.9. The number of ketones is 1. The van der Waals surface area contributed by atoms with Crippen LogP contribution in [-0.2, 0) is 4.74 Å². The van der Waals surface area contributed by atoms with Gasteiger partial charge in [-0.3, -0.25) is 4.79 Å². The van der Waals surface area contributed by atoms with Gasteiger partial charge in [-0.1, -0.05) is 49.2 Å². The minimum atomic E-state index is -0.684. The van der Waals surface area contributed by atoms with Crippen LogP contribution in [-0.4, -0.2) is 31.6 Å². The molecule has 0 spiro atoms. The van der Waals surface area contributed by atoms with Crippen LogP contribution in [0.5, 0.6) is 5.75 Å². The monoisotopic (exact) mass is 407 g/mol. The van der Waals surface area contributed by atoms with Gasteiger partial charge in [0.05, 0.1) is 24.8 Å². The maximum absolute atomic E-state index is 12.9. The minimum Gasteiger partial charge on any atom is -0.495 e. The van der Waals surface area contributed by atoms with E-state index in [1.54, 1.807) is 25.1 Å². The first-order chi connectivity index (χ1) is 13.5. The Morgan fingerprint density at radius 1 is 1.25 bits per heavy atom. The maximum Gasteiger partial charge on any atom is 0.407 e. The fraction of sp³-hybridized carbons (Fsp3) is 0.455. The first kappa shape index (κ1) is 23.8. The van der Waals surface area contributed by atoms with Gasteiger partial charge >= 0.3 is 6.09 Å². The second-order valence-electron chi connectivity index (χ2n) is 5.93. The molecule has 28 heavy (non-hydrogen) atoms. The van der Waals surface area contributed by atoms with Gasteiger partial charge < -0.3 is 14.8 Å². The first-order valence-electron chi connectivity index (χ1n) is 9.71. The largest absolute Gasteiger partial charge is 0.495 e. The number of hydrogen-bond acceptors (Lipinski definition) is 4. The molecular weight excluding hydrogens is 378 g/mol. The van der Waals surface area contributed by atoms with Crippen molar-refractivity contribution in [1.29, 1.82) is 0 Å². The Labute approximate surface area is 172 Å². The normalized spacial score (nSPS) is 13.5. The molecule has 0 bridgehead atoms. The van der Waals surface area contributed by atoms with E-state index in [9.17, 15) is 9.59 Å². The topological polar surface area (TPSA) is 64.6 Å². The van der Waals surface area contributed by atoms with E-state index in [0.717, 1.165) is 12.8 Å². The minimum absolute atomic E-state index is 0.201. The summed E-state index contributed by atoms with van der Waals surface area (Å²) in [6.07, 6.45) is 8.98. The van der Waals surface area contributed by atoms with Crippen LogP contribution in [0.2, 0.25) is 5.02 Å². The van der Waals surface area contributed by atoms with Gasteiger partial charge in [-0.25, -0.2) is 4.79 Å². The summed E-state index contributed by atoms with van der Waals surface area (Å²) in [6.45, 7) is 5.97. The average Bonchev–Trinajstić information content (AvgIpc) is 2.73. The van der Waals surface area contributed by atoms with Crippen molar-refractivity contribution < 1.29 is 19.1 Å². The van der Waals surface area contributed by atoms with Gasteiger partial charge in [0.1, 0.15) is 5.75 Å². The molecule has 0 saturated carbocycles. The lowest BCUT2D eigenvalue weighted by molar-refractivity contribution is 0.0918. The van der Waals surface area contributed by atoms with Crippen molar-refractivity contribution in [3.63, 3.8) is 0 Å². The van der Waals surface area contributed by atoms with Crippen molar-refractivity contribution >= 4 is 23.5 Å². The van der Waals surface area contributed by atoms with Crippen LogP contribution in [0.4, 0.5) is 4.79 Å². The summed E-state index contributed by atoms with van der Waals surface area (Å²) in [7, 11) is 1.49. The van der Waals surface area contributed by atoms with Crippen molar-refractivity contribution in [3.8, 4) is 5.75 Å². The molecular formula is C22H30ClNO4. The highest BCUT2D eigenvalue weighted by atomic mass is 35.5. The number of nitrogens with one attached hydrogen (secondary N) is 1. The van der Waals surface area contributed by atoms with Gasteiger partial charge in [-0.2, -0.15) is 0 Å². The number of amides is 1. The SMILES string of the molecule is CC.CCOC(=O)NC(CCC1=CCCC=C1)C(=O)c1ccc(Cl)c(OC)c1. The predicted octanol–water partition coefficient (Wildman–Crippen LogP) is 5.73. The van der Waals surface area contributed by atoms with Gasteiger partial charge in [-0.15, -0.1) is 0 Å². The van der Waals surface area contributed by atoms with Gasteiger partial charge in [0.2, 0.25) is 0 Å². The third-order valence-electron chi connectivity index (χ3n) is 4.11. The van der Waals surface area contributed by atoms with E-state index in [1.807, 2.05) is 13.8 Å². The number of carbonyl (C=O) groups excluding carboxylic acids is 2. The van der Waals surface area contributed by atoms with Gasteiger partial charge in [0.15, 0.2) is 5.78 Å². The summed E-state index contributed by atoms with van der Waals surface area (Å²) in [5.41, 5.74) is 1.61. The van der Waals surface area contributed by atoms with E-state index >= 15 is 0 Å². The lowest BCUT2D eigenvalue weighted by Crippen LogP contribution is -2.41. The zero-order valence-corrected chi connectivity index (χ0v) is 17.8. The molecule has 1 aliphatic rings. The van der Waals surface area contributed by atoms with Gasteiger partial charge in [0.25, 0.3) is 0 Å².